The number of rotatable bonds is 3. The van der Waals surface area contributed by atoms with E-state index in [0.29, 0.717) is 0 Å². The van der Waals surface area contributed by atoms with Gasteiger partial charge in [-0.25, -0.2) is 4.79 Å². The third-order valence-corrected chi connectivity index (χ3v) is 1.06. The first-order chi connectivity index (χ1) is 6.31. The van der Waals surface area contributed by atoms with E-state index in [0.717, 1.165) is 0 Å². The lowest BCUT2D eigenvalue weighted by Crippen LogP contribution is -2.28. The van der Waals surface area contributed by atoms with Crippen LogP contribution in [0, 0.1) is 0 Å². The molecule has 0 saturated heterocycles. The Labute approximate surface area is 74.9 Å². The highest BCUT2D eigenvalue weighted by Crippen LogP contribution is 2.20. The fourth-order valence-electron chi connectivity index (χ4n) is 0.580. The molecule has 0 fully saturated rings. The SMILES string of the molecule is O=C(O)C(=NO)C(CC(F)(F)F)=NO. The zero-order chi connectivity index (χ0) is 11.4. The topological polar surface area (TPSA) is 102 Å². The van der Waals surface area contributed by atoms with Crippen LogP contribution in [0.25, 0.3) is 0 Å². The molecule has 80 valence electrons. The predicted molar refractivity (Wildman–Crippen MR) is 36.8 cm³/mol. The Morgan fingerprint density at radius 1 is 1.21 bits per heavy atom. The monoisotopic (exact) mass is 214 g/mol. The molecular formula is C5H5F3N2O4. The van der Waals surface area contributed by atoms with Crippen molar-refractivity contribution >= 4 is 17.4 Å². The van der Waals surface area contributed by atoms with Crippen LogP contribution < -0.4 is 0 Å². The standard InChI is InChI=1S/C5H5F3N2O4/c6-5(7,8)1-2(9-13)3(10-14)4(11)12/h13-14H,1H2,(H,11,12). The molecular weight excluding hydrogens is 209 g/mol. The molecule has 0 aromatic rings. The largest absolute Gasteiger partial charge is 0.476 e. The summed E-state index contributed by atoms with van der Waals surface area (Å²) in [6.07, 6.45) is -6.55. The highest BCUT2D eigenvalue weighted by atomic mass is 19.4. The van der Waals surface area contributed by atoms with Gasteiger partial charge in [0.05, 0.1) is 6.42 Å². The minimum absolute atomic E-state index is 1.27. The molecule has 0 rings (SSSR count). The van der Waals surface area contributed by atoms with Gasteiger partial charge in [-0.05, 0) is 0 Å². The number of hydrogen-bond donors (Lipinski definition) is 3. The van der Waals surface area contributed by atoms with E-state index in [1.165, 1.54) is 0 Å². The van der Waals surface area contributed by atoms with Gasteiger partial charge in [0.1, 0.15) is 5.71 Å². The normalized spacial score (nSPS) is 14.2. The predicted octanol–water partition coefficient (Wildman–Crippen LogP) is 0.684. The highest BCUT2D eigenvalue weighted by molar-refractivity contribution is 6.65. The molecule has 0 aromatic carbocycles. The number of oxime groups is 2. The van der Waals surface area contributed by atoms with Crippen molar-refractivity contribution in [3.05, 3.63) is 0 Å². The molecule has 0 saturated carbocycles. The fourth-order valence-corrected chi connectivity index (χ4v) is 0.580. The molecule has 0 radical (unpaired) electrons. The lowest BCUT2D eigenvalue weighted by molar-refractivity contribution is -0.129. The Bertz CT molecular complexity index is 283. The zero-order valence-corrected chi connectivity index (χ0v) is 6.49. The maximum atomic E-state index is 11.7. The van der Waals surface area contributed by atoms with E-state index in [1.807, 2.05) is 0 Å². The molecule has 0 aliphatic rings. The van der Waals surface area contributed by atoms with E-state index >= 15 is 0 Å². The van der Waals surface area contributed by atoms with Crippen LogP contribution >= 0.6 is 0 Å². The van der Waals surface area contributed by atoms with Gasteiger partial charge in [0, 0.05) is 0 Å². The number of nitrogens with zero attached hydrogens (tertiary/aromatic N) is 2. The maximum Gasteiger partial charge on any atom is 0.394 e. The third-order valence-electron chi connectivity index (χ3n) is 1.06. The van der Waals surface area contributed by atoms with Crippen molar-refractivity contribution < 1.29 is 33.5 Å². The van der Waals surface area contributed by atoms with Gasteiger partial charge in [-0.3, -0.25) is 0 Å². The number of aliphatic carboxylic acids is 1. The summed E-state index contributed by atoms with van der Waals surface area (Å²) in [7, 11) is 0. The quantitative estimate of drug-likeness (QED) is 0.365. The minimum atomic E-state index is -4.76. The van der Waals surface area contributed by atoms with E-state index in [2.05, 4.69) is 10.3 Å². The number of carboxylic acids is 1. The zero-order valence-electron chi connectivity index (χ0n) is 6.49. The van der Waals surface area contributed by atoms with Crippen LogP contribution in [-0.2, 0) is 4.79 Å². The van der Waals surface area contributed by atoms with Gasteiger partial charge in [0.15, 0.2) is 0 Å². The van der Waals surface area contributed by atoms with Gasteiger partial charge in [-0.2, -0.15) is 13.2 Å². The summed E-state index contributed by atoms with van der Waals surface area (Å²) in [5, 5.41) is 28.5. The van der Waals surface area contributed by atoms with Crippen molar-refractivity contribution in [3.8, 4) is 0 Å². The van der Waals surface area contributed by atoms with Crippen LogP contribution in [0.4, 0.5) is 13.2 Å². The van der Waals surface area contributed by atoms with Gasteiger partial charge in [0.25, 0.3) is 0 Å². The molecule has 3 N–H and O–H groups in total. The summed E-state index contributed by atoms with van der Waals surface area (Å²) < 4.78 is 35.2. The molecule has 14 heavy (non-hydrogen) atoms. The Balaban J connectivity index is 4.84. The van der Waals surface area contributed by atoms with E-state index in [1.54, 1.807) is 0 Å². The van der Waals surface area contributed by atoms with E-state index in [-0.39, 0.29) is 0 Å². The third kappa shape index (κ3) is 3.74. The average Bonchev–Trinajstić information content (AvgIpc) is 2.00. The van der Waals surface area contributed by atoms with Crippen molar-refractivity contribution in [1.82, 2.24) is 0 Å². The molecule has 0 amide bonds. The molecule has 9 heteroatoms. The van der Waals surface area contributed by atoms with Crippen molar-refractivity contribution in [2.45, 2.75) is 12.6 Å². The second kappa shape index (κ2) is 4.44. The number of hydrogen-bond acceptors (Lipinski definition) is 5. The second-order valence-electron chi connectivity index (χ2n) is 2.09. The summed E-state index contributed by atoms with van der Waals surface area (Å²) in [5.41, 5.74) is -2.63. The molecule has 0 aromatic heterocycles. The number of carboxylic acid groups (broad SMARTS) is 1. The number of halogens is 3. The maximum absolute atomic E-state index is 11.7. The molecule has 0 bridgehead atoms. The summed E-state index contributed by atoms with van der Waals surface area (Å²) >= 11 is 0. The Morgan fingerprint density at radius 3 is 1.93 bits per heavy atom. The van der Waals surface area contributed by atoms with Crippen LogP contribution in [0.1, 0.15) is 6.42 Å². The summed E-state index contributed by atoms with van der Waals surface area (Å²) in [6.45, 7) is 0. The second-order valence-corrected chi connectivity index (χ2v) is 2.09. The molecule has 0 aliphatic carbocycles. The first-order valence-electron chi connectivity index (χ1n) is 3.05. The highest BCUT2D eigenvalue weighted by Gasteiger charge is 2.34. The molecule has 0 heterocycles. The molecule has 0 unspecified atom stereocenters. The molecule has 6 nitrogen and oxygen atoms in total. The Hall–Kier alpha value is -1.80. The van der Waals surface area contributed by atoms with E-state index in [4.69, 9.17) is 15.5 Å². The smallest absolute Gasteiger partial charge is 0.394 e. The van der Waals surface area contributed by atoms with Gasteiger partial charge in [-0.15, -0.1) is 0 Å². The summed E-state index contributed by atoms with van der Waals surface area (Å²) in [6, 6.07) is 0. The summed E-state index contributed by atoms with van der Waals surface area (Å²) in [5.74, 6) is -1.93. The number of alkyl halides is 3. The van der Waals surface area contributed by atoms with Gasteiger partial charge in [0.2, 0.25) is 5.71 Å². The van der Waals surface area contributed by atoms with Crippen molar-refractivity contribution in [1.29, 1.82) is 0 Å². The van der Waals surface area contributed by atoms with Crippen molar-refractivity contribution in [2.24, 2.45) is 10.3 Å². The van der Waals surface area contributed by atoms with E-state index < -0.39 is 30.0 Å². The Morgan fingerprint density at radius 2 is 1.71 bits per heavy atom. The molecule has 0 atom stereocenters. The fraction of sp³-hybridized carbons (Fsp3) is 0.400. The van der Waals surface area contributed by atoms with Gasteiger partial charge >= 0.3 is 12.1 Å². The number of carbonyl (C=O) groups is 1. The minimum Gasteiger partial charge on any atom is -0.476 e. The van der Waals surface area contributed by atoms with Gasteiger partial charge in [-0.1, -0.05) is 10.3 Å². The summed E-state index contributed by atoms with van der Waals surface area (Å²) in [4.78, 5) is 10.2. The Kier molecular flexibility index (Phi) is 3.87. The average molecular weight is 214 g/mol. The first-order valence-corrected chi connectivity index (χ1v) is 3.05. The van der Waals surface area contributed by atoms with Crippen LogP contribution in [0.15, 0.2) is 10.3 Å². The van der Waals surface area contributed by atoms with Crippen molar-refractivity contribution in [3.63, 3.8) is 0 Å². The molecule has 0 spiro atoms. The van der Waals surface area contributed by atoms with Crippen LogP contribution in [-0.4, -0.2) is 39.1 Å². The first kappa shape index (κ1) is 12.2. The van der Waals surface area contributed by atoms with E-state index in [9.17, 15) is 18.0 Å². The van der Waals surface area contributed by atoms with Gasteiger partial charge < -0.3 is 15.5 Å². The van der Waals surface area contributed by atoms with Crippen LogP contribution in [0.3, 0.4) is 0 Å². The van der Waals surface area contributed by atoms with Crippen LogP contribution in [0.2, 0.25) is 0 Å². The lowest BCUT2D eigenvalue weighted by Gasteiger charge is -2.06. The lowest BCUT2D eigenvalue weighted by atomic mass is 10.1. The molecule has 0 aliphatic heterocycles. The van der Waals surface area contributed by atoms with Crippen LogP contribution in [0.5, 0.6) is 0 Å². The van der Waals surface area contributed by atoms with Crippen molar-refractivity contribution in [2.75, 3.05) is 0 Å².